The molecular weight excluding hydrogens is 336 g/mol. The molecule has 0 saturated heterocycles. The molecule has 0 N–H and O–H groups in total. The maximum Gasteiger partial charge on any atom is 0.170 e. The predicted octanol–water partition coefficient (Wildman–Crippen LogP) is 3.56. The second-order valence-electron chi connectivity index (χ2n) is 6.66. The lowest BCUT2D eigenvalue weighted by atomic mass is 10.1. The van der Waals surface area contributed by atoms with Gasteiger partial charge in [-0.2, -0.15) is 5.10 Å². The number of hydrogen-bond acceptors (Lipinski definition) is 4. The molecule has 0 aliphatic rings. The highest BCUT2D eigenvalue weighted by Crippen LogP contribution is 2.20. The second kappa shape index (κ2) is 6.32. The third kappa shape index (κ3) is 2.85. The molecule has 0 atom stereocenters. The van der Waals surface area contributed by atoms with Crippen molar-refractivity contribution < 1.29 is 0 Å². The van der Waals surface area contributed by atoms with E-state index in [0.717, 1.165) is 41.0 Å². The lowest BCUT2D eigenvalue weighted by molar-refractivity contribution is 0.826. The maximum atomic E-state index is 4.74. The van der Waals surface area contributed by atoms with E-state index in [2.05, 4.69) is 58.5 Å². The zero-order valence-corrected chi connectivity index (χ0v) is 14.9. The van der Waals surface area contributed by atoms with Gasteiger partial charge in [0.2, 0.25) is 0 Å². The third-order valence-corrected chi connectivity index (χ3v) is 4.71. The smallest absolute Gasteiger partial charge is 0.170 e. The van der Waals surface area contributed by atoms with Gasteiger partial charge in [0.05, 0.1) is 17.3 Å². The predicted molar refractivity (Wildman–Crippen MR) is 104 cm³/mol. The summed E-state index contributed by atoms with van der Waals surface area (Å²) in [5.41, 5.74) is 5.06. The molecule has 0 fully saturated rings. The zero-order chi connectivity index (χ0) is 18.2. The van der Waals surface area contributed by atoms with Crippen molar-refractivity contribution in [1.82, 2.24) is 29.4 Å². The third-order valence-electron chi connectivity index (χ3n) is 4.71. The summed E-state index contributed by atoms with van der Waals surface area (Å²) in [6.07, 6.45) is 5.23. The Morgan fingerprint density at radius 1 is 0.889 bits per heavy atom. The molecule has 0 unspecified atom stereocenters. The summed E-state index contributed by atoms with van der Waals surface area (Å²) >= 11 is 0. The van der Waals surface area contributed by atoms with E-state index in [-0.39, 0.29) is 0 Å². The number of fused-ring (bicyclic) bond motifs is 3. The summed E-state index contributed by atoms with van der Waals surface area (Å²) in [4.78, 5) is 9.30. The molecule has 0 spiro atoms. The van der Waals surface area contributed by atoms with Gasteiger partial charge in [-0.25, -0.2) is 19.2 Å². The highest BCUT2D eigenvalue weighted by molar-refractivity contribution is 5.89. The Morgan fingerprint density at radius 3 is 2.52 bits per heavy atom. The van der Waals surface area contributed by atoms with Crippen LogP contribution in [0.1, 0.15) is 17.0 Å². The molecule has 0 radical (unpaired) electrons. The Hall–Kier alpha value is -3.54. The van der Waals surface area contributed by atoms with E-state index in [1.807, 2.05) is 29.1 Å². The molecule has 5 rings (SSSR count). The molecule has 0 aliphatic heterocycles. The van der Waals surface area contributed by atoms with Crippen LogP contribution in [-0.2, 0) is 12.8 Å². The van der Waals surface area contributed by atoms with E-state index in [4.69, 9.17) is 4.98 Å². The fourth-order valence-corrected chi connectivity index (χ4v) is 3.25. The van der Waals surface area contributed by atoms with Crippen LogP contribution >= 0.6 is 0 Å². The van der Waals surface area contributed by atoms with Crippen molar-refractivity contribution in [2.75, 3.05) is 0 Å². The molecule has 132 valence electrons. The van der Waals surface area contributed by atoms with Crippen LogP contribution in [0.15, 0.2) is 67.1 Å². The van der Waals surface area contributed by atoms with Crippen molar-refractivity contribution in [2.45, 2.75) is 19.8 Å². The Balaban J connectivity index is 1.51. The van der Waals surface area contributed by atoms with Crippen molar-refractivity contribution in [3.8, 4) is 5.69 Å². The molecular formula is C21H18N6. The number of aromatic nitrogens is 6. The minimum Gasteiger partial charge on any atom is -0.216 e. The van der Waals surface area contributed by atoms with E-state index in [0.29, 0.717) is 0 Å². The van der Waals surface area contributed by atoms with Crippen LogP contribution in [0, 0.1) is 6.92 Å². The van der Waals surface area contributed by atoms with Crippen LogP contribution in [0.2, 0.25) is 0 Å². The SMILES string of the molecule is Cc1ccc(-n2ncc3c2ncn2nc(CCc4ccccc4)nc32)cc1. The van der Waals surface area contributed by atoms with E-state index >= 15 is 0 Å². The standard InChI is InChI=1S/C21H18N6/c1-15-7-10-17(11-8-15)27-20-18(13-23-27)21-24-19(25-26(21)14-22-20)12-9-16-5-3-2-4-6-16/h2-8,10-11,13-14H,9,12H2,1H3. The average molecular weight is 354 g/mol. The lowest BCUT2D eigenvalue weighted by Gasteiger charge is -2.03. The number of aryl methyl sites for hydroxylation is 3. The van der Waals surface area contributed by atoms with Crippen LogP contribution in [0.25, 0.3) is 22.4 Å². The van der Waals surface area contributed by atoms with Crippen LogP contribution in [0.3, 0.4) is 0 Å². The molecule has 6 heteroatoms. The van der Waals surface area contributed by atoms with E-state index in [9.17, 15) is 0 Å². The van der Waals surface area contributed by atoms with E-state index in [1.165, 1.54) is 11.1 Å². The minimum absolute atomic E-state index is 0.786. The maximum absolute atomic E-state index is 4.74. The van der Waals surface area contributed by atoms with Gasteiger partial charge >= 0.3 is 0 Å². The van der Waals surface area contributed by atoms with Crippen LogP contribution in [0.5, 0.6) is 0 Å². The fourth-order valence-electron chi connectivity index (χ4n) is 3.25. The number of nitrogens with zero attached hydrogens (tertiary/aromatic N) is 6. The quantitative estimate of drug-likeness (QED) is 0.495. The summed E-state index contributed by atoms with van der Waals surface area (Å²) in [5.74, 6) is 0.816. The summed E-state index contributed by atoms with van der Waals surface area (Å²) in [7, 11) is 0. The summed E-state index contributed by atoms with van der Waals surface area (Å²) in [6.45, 7) is 2.07. The van der Waals surface area contributed by atoms with Gasteiger partial charge in [0, 0.05) is 6.42 Å². The van der Waals surface area contributed by atoms with Crippen molar-refractivity contribution in [3.63, 3.8) is 0 Å². The number of rotatable bonds is 4. The molecule has 3 heterocycles. The Morgan fingerprint density at radius 2 is 1.70 bits per heavy atom. The van der Waals surface area contributed by atoms with Crippen molar-refractivity contribution in [3.05, 3.63) is 84.1 Å². The first-order valence-electron chi connectivity index (χ1n) is 8.97. The molecule has 5 aromatic rings. The van der Waals surface area contributed by atoms with Gasteiger partial charge in [-0.3, -0.25) is 0 Å². The summed E-state index contributed by atoms with van der Waals surface area (Å²) < 4.78 is 3.58. The first-order valence-corrected chi connectivity index (χ1v) is 8.97. The van der Waals surface area contributed by atoms with Gasteiger partial charge in [0.25, 0.3) is 0 Å². The highest BCUT2D eigenvalue weighted by Gasteiger charge is 2.13. The topological polar surface area (TPSA) is 60.9 Å². The molecule has 0 saturated carbocycles. The number of benzene rings is 2. The van der Waals surface area contributed by atoms with Gasteiger partial charge in [0.1, 0.15) is 6.33 Å². The Labute approximate surface area is 156 Å². The molecule has 0 bridgehead atoms. The van der Waals surface area contributed by atoms with Gasteiger partial charge in [-0.15, -0.1) is 5.10 Å². The molecule has 6 nitrogen and oxygen atoms in total. The summed E-state index contributed by atoms with van der Waals surface area (Å²) in [6, 6.07) is 18.6. The average Bonchev–Trinajstić information content (AvgIpc) is 3.31. The normalized spacial score (nSPS) is 11.4. The van der Waals surface area contributed by atoms with E-state index < -0.39 is 0 Å². The minimum atomic E-state index is 0.786. The van der Waals surface area contributed by atoms with Crippen LogP contribution in [0.4, 0.5) is 0 Å². The van der Waals surface area contributed by atoms with Gasteiger partial charge in [0.15, 0.2) is 17.1 Å². The molecule has 2 aromatic carbocycles. The van der Waals surface area contributed by atoms with Gasteiger partial charge in [-0.1, -0.05) is 48.0 Å². The summed E-state index contributed by atoms with van der Waals surface area (Å²) in [5, 5.41) is 10.00. The molecule has 0 aliphatic carbocycles. The van der Waals surface area contributed by atoms with Crippen molar-refractivity contribution >= 4 is 16.7 Å². The molecule has 0 amide bonds. The second-order valence-corrected chi connectivity index (χ2v) is 6.66. The van der Waals surface area contributed by atoms with E-state index in [1.54, 1.807) is 10.8 Å². The zero-order valence-electron chi connectivity index (χ0n) is 14.9. The first-order chi connectivity index (χ1) is 13.3. The van der Waals surface area contributed by atoms with Crippen LogP contribution < -0.4 is 0 Å². The molecule has 27 heavy (non-hydrogen) atoms. The van der Waals surface area contributed by atoms with Gasteiger partial charge < -0.3 is 0 Å². The van der Waals surface area contributed by atoms with Crippen molar-refractivity contribution in [1.29, 1.82) is 0 Å². The van der Waals surface area contributed by atoms with Gasteiger partial charge in [-0.05, 0) is 31.0 Å². The number of hydrogen-bond donors (Lipinski definition) is 0. The Kier molecular flexibility index (Phi) is 3.67. The Bertz CT molecular complexity index is 1220. The largest absolute Gasteiger partial charge is 0.216 e. The lowest BCUT2D eigenvalue weighted by Crippen LogP contribution is -1.99. The van der Waals surface area contributed by atoms with Crippen molar-refractivity contribution in [2.24, 2.45) is 0 Å². The monoisotopic (exact) mass is 354 g/mol. The molecule has 3 aromatic heterocycles. The van der Waals surface area contributed by atoms with Crippen LogP contribution in [-0.4, -0.2) is 29.4 Å². The highest BCUT2D eigenvalue weighted by atomic mass is 15.3. The fraction of sp³-hybridized carbons (Fsp3) is 0.143. The first kappa shape index (κ1) is 15.7.